The SMILES string of the molecule is CC1OCC2(CCN(c3cnc(Sc4cccc(NC(=O)CCC(=O)NCCCOCCOCCOCCCNc5cccc6c5C(=O)N(C5CCC(=O)NC5=O)C6=O)c4Cl)c(N)n3)CC2)C1N. The average molecular weight is 980 g/mol. The third kappa shape index (κ3) is 12.4. The van der Waals surface area contributed by atoms with Crippen LogP contribution in [0.25, 0.3) is 0 Å². The van der Waals surface area contributed by atoms with E-state index in [1.54, 1.807) is 42.6 Å². The van der Waals surface area contributed by atoms with Gasteiger partial charge in [0.2, 0.25) is 23.6 Å². The molecule has 1 aromatic heterocycles. The largest absolute Gasteiger partial charge is 0.384 e. The molecule has 1 spiro atoms. The molecule has 3 unspecified atom stereocenters. The number of carbonyl (C=O) groups excluding carboxylic acids is 6. The predicted molar refractivity (Wildman–Crippen MR) is 253 cm³/mol. The number of nitrogen functional groups attached to an aromatic ring is 1. The molecule has 0 saturated carbocycles. The Morgan fingerprint density at radius 1 is 0.926 bits per heavy atom. The van der Waals surface area contributed by atoms with Crippen LogP contribution in [-0.4, -0.2) is 141 Å². The van der Waals surface area contributed by atoms with Gasteiger partial charge in [0.1, 0.15) is 16.9 Å². The Morgan fingerprint density at radius 2 is 1.60 bits per heavy atom. The van der Waals surface area contributed by atoms with Gasteiger partial charge in [0.15, 0.2) is 5.82 Å². The Hall–Kier alpha value is -5.42. The molecule has 20 nitrogen and oxygen atoms in total. The highest BCUT2D eigenvalue weighted by atomic mass is 35.5. The monoisotopic (exact) mass is 978 g/mol. The lowest BCUT2D eigenvalue weighted by Gasteiger charge is -2.41. The van der Waals surface area contributed by atoms with Crippen molar-refractivity contribution in [2.45, 2.75) is 86.4 Å². The summed E-state index contributed by atoms with van der Waals surface area (Å²) in [6.07, 6.45) is 4.92. The normalized spacial score (nSPS) is 19.9. The van der Waals surface area contributed by atoms with Gasteiger partial charge in [0, 0.05) is 80.7 Å². The molecule has 0 aliphatic carbocycles. The number of ether oxygens (including phenoxy) is 4. The van der Waals surface area contributed by atoms with E-state index in [1.165, 1.54) is 11.8 Å². The highest BCUT2D eigenvalue weighted by Gasteiger charge is 2.48. The van der Waals surface area contributed by atoms with Crippen molar-refractivity contribution in [3.05, 3.63) is 58.7 Å². The summed E-state index contributed by atoms with van der Waals surface area (Å²) in [5.41, 5.74) is 14.2. The van der Waals surface area contributed by atoms with E-state index in [2.05, 4.69) is 36.1 Å². The number of imide groups is 2. The van der Waals surface area contributed by atoms with Crippen LogP contribution in [0.1, 0.15) is 79.0 Å². The van der Waals surface area contributed by atoms with E-state index >= 15 is 0 Å². The van der Waals surface area contributed by atoms with Crippen LogP contribution in [0.15, 0.2) is 52.5 Å². The van der Waals surface area contributed by atoms with Gasteiger partial charge in [-0.05, 0) is 63.3 Å². The van der Waals surface area contributed by atoms with Crippen LogP contribution in [0.3, 0.4) is 0 Å². The molecule has 7 rings (SSSR count). The molecule has 0 bridgehead atoms. The first kappa shape index (κ1) is 50.5. The number of halogens is 1. The Balaban J connectivity index is 0.691. The first-order valence-electron chi connectivity index (χ1n) is 22.9. The number of piperidine rings is 2. The number of nitrogens with one attached hydrogen (secondary N) is 4. The zero-order valence-corrected chi connectivity index (χ0v) is 39.6. The molecule has 22 heteroatoms. The third-order valence-electron chi connectivity index (χ3n) is 12.5. The van der Waals surface area contributed by atoms with Crippen molar-refractivity contribution < 1.29 is 47.7 Å². The van der Waals surface area contributed by atoms with E-state index in [0.717, 1.165) is 30.8 Å². The number of rotatable bonds is 23. The van der Waals surface area contributed by atoms with Gasteiger partial charge in [-0.2, -0.15) is 0 Å². The number of carbonyl (C=O) groups is 6. The van der Waals surface area contributed by atoms with Gasteiger partial charge in [-0.15, -0.1) is 0 Å². The molecule has 0 radical (unpaired) electrons. The lowest BCUT2D eigenvalue weighted by Crippen LogP contribution is -2.54. The van der Waals surface area contributed by atoms with E-state index in [1.807, 2.05) is 6.92 Å². The van der Waals surface area contributed by atoms with E-state index in [4.69, 9.17) is 42.0 Å². The van der Waals surface area contributed by atoms with Crippen LogP contribution >= 0.6 is 23.4 Å². The number of benzene rings is 2. The van der Waals surface area contributed by atoms with Crippen LogP contribution in [0.5, 0.6) is 0 Å². The third-order valence-corrected chi connectivity index (χ3v) is 14.1. The predicted octanol–water partition coefficient (Wildman–Crippen LogP) is 3.37. The summed E-state index contributed by atoms with van der Waals surface area (Å²) in [5.74, 6) is -1.82. The van der Waals surface area contributed by atoms with Crippen molar-refractivity contribution in [3.63, 3.8) is 0 Å². The number of nitrogens with two attached hydrogens (primary N) is 2. The van der Waals surface area contributed by atoms with Crippen LogP contribution in [0.2, 0.25) is 5.02 Å². The van der Waals surface area contributed by atoms with Crippen molar-refractivity contribution in [2.24, 2.45) is 11.1 Å². The highest BCUT2D eigenvalue weighted by molar-refractivity contribution is 7.99. The molecule has 2 aromatic carbocycles. The molecular formula is C46H59ClN10O10S. The summed E-state index contributed by atoms with van der Waals surface area (Å²) in [4.78, 5) is 88.3. The standard InChI is InChI=1S/C46H59ClN10O10S/c1-28-40(48)46(27-67-28)14-18-56(19-15-46)34-26-52-43(41(49)54-34)68-33-9-3-8-31(39(33)47)53-36(59)13-12-35(58)51-17-5-21-65-23-25-66-24-22-64-20-4-16-50-30-7-2-6-29-38(30)45(63)57(44(29)62)32-10-11-37(60)55-42(32)61/h2-3,6-9,26,28,32,40,50H,4-5,10-25,27,48H2,1H3,(H2,49,54)(H,51,58)(H,53,59)(H,55,60,61). The van der Waals surface area contributed by atoms with Gasteiger partial charge in [-0.1, -0.05) is 35.5 Å². The lowest BCUT2D eigenvalue weighted by molar-refractivity contribution is -0.136. The minimum Gasteiger partial charge on any atom is -0.384 e. The fraction of sp³-hybridized carbons (Fsp3) is 0.522. The van der Waals surface area contributed by atoms with E-state index < -0.39 is 29.7 Å². The molecule has 366 valence electrons. The summed E-state index contributed by atoms with van der Waals surface area (Å²) >= 11 is 7.95. The second-order valence-corrected chi connectivity index (χ2v) is 18.5. The molecule has 68 heavy (non-hydrogen) atoms. The average Bonchev–Trinajstić information content (AvgIpc) is 3.74. The molecule has 3 saturated heterocycles. The number of fused-ring (bicyclic) bond motifs is 1. The van der Waals surface area contributed by atoms with Crippen LogP contribution in [0, 0.1) is 5.41 Å². The highest BCUT2D eigenvalue weighted by Crippen LogP contribution is 2.43. The maximum absolute atomic E-state index is 13.2. The minimum atomic E-state index is -1.02. The molecule has 3 fully saturated rings. The van der Waals surface area contributed by atoms with Gasteiger partial charge >= 0.3 is 0 Å². The number of amides is 6. The lowest BCUT2D eigenvalue weighted by atomic mass is 9.73. The molecule has 5 heterocycles. The Kier molecular flexibility index (Phi) is 17.6. The van der Waals surface area contributed by atoms with Crippen molar-refractivity contribution >= 4 is 81.8 Å². The molecule has 8 N–H and O–H groups in total. The molecular weight excluding hydrogens is 920 g/mol. The molecule has 4 aliphatic heterocycles. The maximum Gasteiger partial charge on any atom is 0.264 e. The Labute approximate surface area is 403 Å². The zero-order chi connectivity index (χ0) is 48.2. The van der Waals surface area contributed by atoms with Gasteiger partial charge in [0.25, 0.3) is 11.8 Å². The van der Waals surface area contributed by atoms with Gasteiger partial charge in [-0.3, -0.25) is 39.0 Å². The number of anilines is 4. The van der Waals surface area contributed by atoms with Gasteiger partial charge in [-0.25, -0.2) is 9.97 Å². The summed E-state index contributed by atoms with van der Waals surface area (Å²) in [6, 6.07) is 9.18. The van der Waals surface area contributed by atoms with E-state index in [9.17, 15) is 28.8 Å². The summed E-state index contributed by atoms with van der Waals surface area (Å²) < 4.78 is 22.6. The number of nitrogens with zero attached hydrogens (tertiary/aromatic N) is 4. The quantitative estimate of drug-likeness (QED) is 0.0587. The van der Waals surface area contributed by atoms with Crippen molar-refractivity contribution in [1.29, 1.82) is 0 Å². The topological polar surface area (TPSA) is 272 Å². The number of hydrogen-bond donors (Lipinski definition) is 6. The first-order valence-corrected chi connectivity index (χ1v) is 24.1. The summed E-state index contributed by atoms with van der Waals surface area (Å²) in [6.45, 7) is 7.53. The fourth-order valence-corrected chi connectivity index (χ4v) is 9.69. The summed E-state index contributed by atoms with van der Waals surface area (Å²) in [5, 5.41) is 11.8. The van der Waals surface area contributed by atoms with Crippen LogP contribution in [0.4, 0.5) is 23.0 Å². The van der Waals surface area contributed by atoms with Crippen molar-refractivity contribution in [3.8, 4) is 0 Å². The maximum atomic E-state index is 13.2. The van der Waals surface area contributed by atoms with Crippen molar-refractivity contribution in [2.75, 3.05) is 93.7 Å². The van der Waals surface area contributed by atoms with Gasteiger partial charge < -0.3 is 51.3 Å². The first-order chi connectivity index (χ1) is 32.8. The Bertz CT molecular complexity index is 2340. The number of hydrogen-bond acceptors (Lipinski definition) is 17. The second kappa shape index (κ2) is 23.7. The van der Waals surface area contributed by atoms with E-state index in [-0.39, 0.29) is 72.0 Å². The van der Waals surface area contributed by atoms with Crippen LogP contribution in [-0.2, 0) is 38.1 Å². The fourth-order valence-electron chi connectivity index (χ4n) is 8.59. The van der Waals surface area contributed by atoms with Crippen LogP contribution < -0.4 is 37.6 Å². The summed E-state index contributed by atoms with van der Waals surface area (Å²) in [7, 11) is 0. The molecule has 6 amide bonds. The molecule has 3 atom stereocenters. The molecule has 3 aromatic rings. The van der Waals surface area contributed by atoms with Gasteiger partial charge in [0.05, 0.1) is 67.2 Å². The Morgan fingerprint density at radius 3 is 2.29 bits per heavy atom. The number of aromatic nitrogens is 2. The van der Waals surface area contributed by atoms with Crippen molar-refractivity contribution in [1.82, 2.24) is 25.5 Å². The zero-order valence-electron chi connectivity index (χ0n) is 38.0. The minimum absolute atomic E-state index is 0.00434. The smallest absolute Gasteiger partial charge is 0.264 e. The second-order valence-electron chi connectivity index (χ2n) is 17.1. The van der Waals surface area contributed by atoms with E-state index in [0.29, 0.717) is 104 Å². The molecule has 4 aliphatic rings.